The van der Waals surface area contributed by atoms with Gasteiger partial charge in [0.25, 0.3) is 0 Å². The maximum Gasteiger partial charge on any atom is 0.111 e. The third-order valence-corrected chi connectivity index (χ3v) is 3.16. The van der Waals surface area contributed by atoms with Crippen LogP contribution < -0.4 is 0 Å². The minimum absolute atomic E-state index is 0.860. The van der Waals surface area contributed by atoms with E-state index in [4.69, 9.17) is 0 Å². The van der Waals surface area contributed by atoms with Crippen LogP contribution in [0, 0.1) is 17.8 Å². The van der Waals surface area contributed by atoms with Gasteiger partial charge >= 0.3 is 0 Å². The van der Waals surface area contributed by atoms with Gasteiger partial charge in [0, 0.05) is 20.3 Å². The van der Waals surface area contributed by atoms with Crippen LogP contribution >= 0.6 is 0 Å². The average molecular weight is 240 g/mol. The van der Waals surface area contributed by atoms with Gasteiger partial charge in [-0.25, -0.2) is 0 Å². The van der Waals surface area contributed by atoms with Crippen molar-refractivity contribution in [2.45, 2.75) is 19.3 Å². The summed E-state index contributed by atoms with van der Waals surface area (Å²) in [5.41, 5.74) is 3.06. The van der Waals surface area contributed by atoms with Crippen LogP contribution in [0.1, 0.15) is 29.8 Å². The molecule has 92 valence electrons. The molecule has 3 rings (SSSR count). The lowest BCUT2D eigenvalue weighted by molar-refractivity contribution is 0.711. The van der Waals surface area contributed by atoms with Crippen LogP contribution in [-0.2, 0) is 20.5 Å². The molecule has 0 bridgehead atoms. The average Bonchev–Trinajstić information content (AvgIpc) is 2.93. The first-order valence-corrected chi connectivity index (χ1v) is 6.24. The molecule has 0 radical (unpaired) electrons. The Balaban J connectivity index is 1.79. The summed E-state index contributed by atoms with van der Waals surface area (Å²) in [5, 5.41) is 8.60. The van der Waals surface area contributed by atoms with Crippen molar-refractivity contribution < 1.29 is 0 Å². The van der Waals surface area contributed by atoms with Crippen molar-refractivity contribution in [2.75, 3.05) is 0 Å². The lowest BCUT2D eigenvalue weighted by Crippen LogP contribution is -1.95. The molecule has 1 aliphatic carbocycles. The number of nitrogens with zero attached hydrogens (tertiary/aromatic N) is 4. The summed E-state index contributed by atoms with van der Waals surface area (Å²) >= 11 is 0. The summed E-state index contributed by atoms with van der Waals surface area (Å²) in [7, 11) is 3.84. The van der Waals surface area contributed by atoms with E-state index in [0.29, 0.717) is 0 Å². The second-order valence-corrected chi connectivity index (χ2v) is 4.94. The fourth-order valence-corrected chi connectivity index (χ4v) is 1.98. The standard InChI is InChI=1S/C14H16N4/c1-17-10-12(9-15-17)5-6-14-8-13(16-18(14)2)7-11-3-4-11/h8-11H,3-4,7H2,1-2H3. The molecular formula is C14H16N4. The van der Waals surface area contributed by atoms with E-state index < -0.39 is 0 Å². The number of aryl methyl sites for hydroxylation is 2. The molecule has 0 saturated heterocycles. The van der Waals surface area contributed by atoms with Crippen LogP contribution in [0.2, 0.25) is 0 Å². The van der Waals surface area contributed by atoms with Gasteiger partial charge in [0.2, 0.25) is 0 Å². The molecule has 0 aromatic carbocycles. The zero-order chi connectivity index (χ0) is 12.5. The molecule has 4 heteroatoms. The maximum atomic E-state index is 4.50. The van der Waals surface area contributed by atoms with Crippen LogP contribution in [0.4, 0.5) is 0 Å². The number of aromatic nitrogens is 4. The first-order valence-electron chi connectivity index (χ1n) is 6.24. The fraction of sp³-hybridized carbons (Fsp3) is 0.429. The zero-order valence-corrected chi connectivity index (χ0v) is 10.7. The summed E-state index contributed by atoms with van der Waals surface area (Å²) in [6.45, 7) is 0. The Hall–Kier alpha value is -2.02. The van der Waals surface area contributed by atoms with E-state index in [1.54, 1.807) is 10.9 Å². The number of hydrogen-bond acceptors (Lipinski definition) is 2. The van der Waals surface area contributed by atoms with Crippen molar-refractivity contribution in [2.24, 2.45) is 20.0 Å². The van der Waals surface area contributed by atoms with Gasteiger partial charge in [0.1, 0.15) is 5.69 Å². The van der Waals surface area contributed by atoms with Gasteiger partial charge in [-0.05, 0) is 37.2 Å². The molecule has 0 aliphatic heterocycles. The van der Waals surface area contributed by atoms with Crippen LogP contribution in [-0.4, -0.2) is 19.6 Å². The zero-order valence-electron chi connectivity index (χ0n) is 10.7. The highest BCUT2D eigenvalue weighted by molar-refractivity contribution is 5.38. The highest BCUT2D eigenvalue weighted by atomic mass is 15.3. The quantitative estimate of drug-likeness (QED) is 0.746. The number of hydrogen-bond donors (Lipinski definition) is 0. The first kappa shape index (κ1) is 11.1. The maximum absolute atomic E-state index is 4.50. The van der Waals surface area contributed by atoms with E-state index in [1.807, 2.05) is 25.0 Å². The van der Waals surface area contributed by atoms with Crippen molar-refractivity contribution in [1.29, 1.82) is 0 Å². The molecule has 2 heterocycles. The Morgan fingerprint density at radius 2 is 2.17 bits per heavy atom. The molecule has 0 N–H and O–H groups in total. The Kier molecular flexibility index (Phi) is 2.67. The molecule has 4 nitrogen and oxygen atoms in total. The van der Waals surface area contributed by atoms with Crippen molar-refractivity contribution >= 4 is 0 Å². The van der Waals surface area contributed by atoms with E-state index in [0.717, 1.165) is 29.3 Å². The molecule has 0 spiro atoms. The summed E-state index contributed by atoms with van der Waals surface area (Å²) in [4.78, 5) is 0. The molecule has 1 aliphatic rings. The Morgan fingerprint density at radius 3 is 2.83 bits per heavy atom. The third kappa shape index (κ3) is 2.45. The Labute approximate surface area is 107 Å². The lowest BCUT2D eigenvalue weighted by Gasteiger charge is -1.90. The highest BCUT2D eigenvalue weighted by Crippen LogP contribution is 2.32. The molecule has 0 unspecified atom stereocenters. The monoisotopic (exact) mass is 240 g/mol. The molecule has 0 amide bonds. The van der Waals surface area contributed by atoms with E-state index in [2.05, 4.69) is 28.1 Å². The molecule has 1 fully saturated rings. The fourth-order valence-electron chi connectivity index (χ4n) is 1.98. The van der Waals surface area contributed by atoms with E-state index in [-0.39, 0.29) is 0 Å². The van der Waals surface area contributed by atoms with Gasteiger partial charge in [-0.1, -0.05) is 5.92 Å². The first-order chi connectivity index (χ1) is 8.70. The topological polar surface area (TPSA) is 35.6 Å². The van der Waals surface area contributed by atoms with Crippen LogP contribution in [0.5, 0.6) is 0 Å². The van der Waals surface area contributed by atoms with Crippen LogP contribution in [0.15, 0.2) is 18.5 Å². The Bertz CT molecular complexity index is 620. The minimum atomic E-state index is 0.860. The summed E-state index contributed by atoms with van der Waals surface area (Å²) in [5.74, 6) is 7.12. The van der Waals surface area contributed by atoms with Gasteiger partial charge in [0.05, 0.1) is 17.5 Å². The molecule has 18 heavy (non-hydrogen) atoms. The van der Waals surface area contributed by atoms with E-state index in [9.17, 15) is 0 Å². The van der Waals surface area contributed by atoms with Gasteiger partial charge in [0.15, 0.2) is 0 Å². The normalized spacial score (nSPS) is 14.3. The highest BCUT2D eigenvalue weighted by Gasteiger charge is 2.22. The van der Waals surface area contributed by atoms with E-state index >= 15 is 0 Å². The predicted molar refractivity (Wildman–Crippen MR) is 68.8 cm³/mol. The molecule has 1 saturated carbocycles. The summed E-state index contributed by atoms with van der Waals surface area (Å²) in [6.07, 6.45) is 7.49. The van der Waals surface area contributed by atoms with Crippen molar-refractivity contribution in [3.63, 3.8) is 0 Å². The van der Waals surface area contributed by atoms with Gasteiger partial charge in [-0.2, -0.15) is 10.2 Å². The molecular weight excluding hydrogens is 224 g/mol. The van der Waals surface area contributed by atoms with Gasteiger partial charge in [-0.15, -0.1) is 0 Å². The van der Waals surface area contributed by atoms with E-state index in [1.165, 1.54) is 12.8 Å². The minimum Gasteiger partial charge on any atom is -0.275 e. The van der Waals surface area contributed by atoms with Crippen LogP contribution in [0.25, 0.3) is 0 Å². The number of rotatable bonds is 2. The molecule has 2 aromatic rings. The second-order valence-electron chi connectivity index (χ2n) is 4.94. The van der Waals surface area contributed by atoms with Crippen molar-refractivity contribution in [3.8, 4) is 11.8 Å². The van der Waals surface area contributed by atoms with Gasteiger partial charge < -0.3 is 0 Å². The van der Waals surface area contributed by atoms with Gasteiger partial charge in [-0.3, -0.25) is 9.36 Å². The Morgan fingerprint density at radius 1 is 1.33 bits per heavy atom. The molecule has 0 atom stereocenters. The third-order valence-electron chi connectivity index (χ3n) is 3.16. The van der Waals surface area contributed by atoms with Crippen molar-refractivity contribution in [3.05, 3.63) is 35.4 Å². The SMILES string of the molecule is Cn1cc(C#Cc2cc(CC3CC3)nn2C)cn1. The smallest absolute Gasteiger partial charge is 0.111 e. The van der Waals surface area contributed by atoms with Crippen molar-refractivity contribution in [1.82, 2.24) is 19.6 Å². The largest absolute Gasteiger partial charge is 0.275 e. The summed E-state index contributed by atoms with van der Waals surface area (Å²) in [6, 6.07) is 2.10. The lowest BCUT2D eigenvalue weighted by atomic mass is 10.2. The summed E-state index contributed by atoms with van der Waals surface area (Å²) < 4.78 is 3.62. The second kappa shape index (κ2) is 4.34. The van der Waals surface area contributed by atoms with Crippen LogP contribution in [0.3, 0.4) is 0 Å². The molecule has 2 aromatic heterocycles. The predicted octanol–water partition coefficient (Wildman–Crippen LogP) is 1.51.